The fraction of sp³-hybridized carbons (Fsp3) is 0.500. The quantitative estimate of drug-likeness (QED) is 0.624. The third kappa shape index (κ3) is 3.95. The summed E-state index contributed by atoms with van der Waals surface area (Å²) in [7, 11) is 3.64. The van der Waals surface area contributed by atoms with Crippen molar-refractivity contribution in [2.24, 2.45) is 12.0 Å². The zero-order valence-electron chi connectivity index (χ0n) is 16.2. The molecule has 1 aromatic heterocycles. The fourth-order valence-electron chi connectivity index (χ4n) is 3.98. The van der Waals surface area contributed by atoms with E-state index in [1.807, 2.05) is 24.1 Å². The summed E-state index contributed by atoms with van der Waals surface area (Å²) in [5, 5.41) is 11.0. The first-order valence-corrected chi connectivity index (χ1v) is 9.72. The van der Waals surface area contributed by atoms with Crippen LogP contribution in [0.1, 0.15) is 30.7 Å². The third-order valence-corrected chi connectivity index (χ3v) is 5.53. The van der Waals surface area contributed by atoms with E-state index < -0.39 is 11.6 Å². The zero-order valence-corrected chi connectivity index (χ0v) is 16.2. The Bertz CT molecular complexity index is 844. The number of piperidine rings is 1. The lowest BCUT2D eigenvalue weighted by molar-refractivity contribution is 0.467. The summed E-state index contributed by atoms with van der Waals surface area (Å²) in [6, 6.07) is 4.28. The lowest BCUT2D eigenvalue weighted by Crippen LogP contribution is -2.51. The number of nitrogens with zero attached hydrogens (tertiary/aromatic N) is 4. The monoisotopic (exact) mass is 388 g/mol. The molecule has 1 aliphatic heterocycles. The molecular formula is C20H26F2N6. The number of anilines is 1. The van der Waals surface area contributed by atoms with E-state index in [0.717, 1.165) is 31.6 Å². The summed E-state index contributed by atoms with van der Waals surface area (Å²) in [5.74, 6) is -0.423. The lowest BCUT2D eigenvalue weighted by atomic mass is 10.1. The number of halogens is 2. The van der Waals surface area contributed by atoms with Gasteiger partial charge in [-0.2, -0.15) is 5.10 Å². The Balaban J connectivity index is 1.34. The predicted octanol–water partition coefficient (Wildman–Crippen LogP) is 2.39. The van der Waals surface area contributed by atoms with Crippen LogP contribution >= 0.6 is 0 Å². The molecule has 0 bridgehead atoms. The molecule has 2 N–H and O–H groups in total. The van der Waals surface area contributed by atoms with Gasteiger partial charge < -0.3 is 15.5 Å². The van der Waals surface area contributed by atoms with Gasteiger partial charge in [0.2, 0.25) is 0 Å². The average Bonchev–Trinajstić information content (AvgIpc) is 3.28. The van der Waals surface area contributed by atoms with Crippen LogP contribution < -0.4 is 15.5 Å². The molecule has 1 saturated carbocycles. The predicted molar refractivity (Wildman–Crippen MR) is 106 cm³/mol. The molecule has 3 atom stereocenters. The molecule has 150 valence electrons. The van der Waals surface area contributed by atoms with Gasteiger partial charge >= 0.3 is 0 Å². The summed E-state index contributed by atoms with van der Waals surface area (Å²) in [6.07, 6.45) is 6.73. The Kier molecular flexibility index (Phi) is 5.19. The molecule has 28 heavy (non-hydrogen) atoms. The Morgan fingerprint density at radius 2 is 2.04 bits per heavy atom. The maximum absolute atomic E-state index is 14.0. The van der Waals surface area contributed by atoms with E-state index >= 15 is 0 Å². The number of rotatable bonds is 4. The van der Waals surface area contributed by atoms with Gasteiger partial charge in [-0.1, -0.05) is 6.07 Å². The van der Waals surface area contributed by atoms with E-state index in [-0.39, 0.29) is 23.6 Å². The zero-order chi connectivity index (χ0) is 19.7. The molecule has 2 aromatic rings. The smallest absolute Gasteiger partial charge is 0.191 e. The minimum Gasteiger partial charge on any atom is -0.367 e. The summed E-state index contributed by atoms with van der Waals surface area (Å²) in [4.78, 5) is 6.62. The van der Waals surface area contributed by atoms with Crippen LogP contribution in [-0.2, 0) is 7.05 Å². The molecule has 4 rings (SSSR count). The van der Waals surface area contributed by atoms with Crippen LogP contribution in [0.4, 0.5) is 14.5 Å². The van der Waals surface area contributed by atoms with Gasteiger partial charge in [-0.3, -0.25) is 9.67 Å². The Morgan fingerprint density at radius 3 is 2.71 bits per heavy atom. The molecule has 2 aliphatic rings. The summed E-state index contributed by atoms with van der Waals surface area (Å²) >= 11 is 0. The fourth-order valence-corrected chi connectivity index (χ4v) is 3.98. The normalized spacial score (nSPS) is 24.9. The topological polar surface area (TPSA) is 57.5 Å². The SMILES string of the molecule is CN=C(NC1CCCN(c2cnn(C)c2)C1)NC1CC1c1c(F)cccc1F. The van der Waals surface area contributed by atoms with E-state index in [0.29, 0.717) is 12.4 Å². The Labute approximate surface area is 163 Å². The van der Waals surface area contributed by atoms with E-state index in [1.165, 1.54) is 18.2 Å². The van der Waals surface area contributed by atoms with Gasteiger partial charge in [-0.15, -0.1) is 0 Å². The summed E-state index contributed by atoms with van der Waals surface area (Å²) < 4.78 is 29.8. The van der Waals surface area contributed by atoms with Crippen molar-refractivity contribution in [1.29, 1.82) is 0 Å². The van der Waals surface area contributed by atoms with Gasteiger partial charge in [-0.05, 0) is 31.4 Å². The molecular weight excluding hydrogens is 362 g/mol. The molecule has 8 heteroatoms. The first kappa shape index (κ1) is 18.7. The molecule has 0 amide bonds. The Morgan fingerprint density at radius 1 is 1.25 bits per heavy atom. The average molecular weight is 388 g/mol. The third-order valence-electron chi connectivity index (χ3n) is 5.53. The highest BCUT2D eigenvalue weighted by Crippen LogP contribution is 2.43. The van der Waals surface area contributed by atoms with Crippen molar-refractivity contribution in [3.63, 3.8) is 0 Å². The second-order valence-corrected chi connectivity index (χ2v) is 7.60. The first-order chi connectivity index (χ1) is 13.5. The van der Waals surface area contributed by atoms with Crippen LogP contribution in [0.3, 0.4) is 0 Å². The van der Waals surface area contributed by atoms with Crippen LogP contribution in [0.5, 0.6) is 0 Å². The minimum atomic E-state index is -0.475. The van der Waals surface area contributed by atoms with Crippen molar-refractivity contribution in [2.75, 3.05) is 25.0 Å². The van der Waals surface area contributed by atoms with Gasteiger partial charge in [0.1, 0.15) is 11.6 Å². The van der Waals surface area contributed by atoms with Gasteiger partial charge in [0.25, 0.3) is 0 Å². The molecule has 0 radical (unpaired) electrons. The highest BCUT2D eigenvalue weighted by molar-refractivity contribution is 5.81. The van der Waals surface area contributed by atoms with Crippen molar-refractivity contribution < 1.29 is 8.78 Å². The van der Waals surface area contributed by atoms with E-state index in [1.54, 1.807) is 7.05 Å². The molecule has 1 saturated heterocycles. The van der Waals surface area contributed by atoms with Gasteiger partial charge in [-0.25, -0.2) is 8.78 Å². The molecule has 6 nitrogen and oxygen atoms in total. The maximum Gasteiger partial charge on any atom is 0.191 e. The van der Waals surface area contributed by atoms with Gasteiger partial charge in [0, 0.05) is 56.9 Å². The van der Waals surface area contributed by atoms with Crippen LogP contribution in [0.2, 0.25) is 0 Å². The van der Waals surface area contributed by atoms with Crippen molar-refractivity contribution >= 4 is 11.6 Å². The van der Waals surface area contributed by atoms with Gasteiger partial charge in [0.15, 0.2) is 5.96 Å². The second kappa shape index (κ2) is 7.77. The number of aliphatic imine (C=N–C) groups is 1. The second-order valence-electron chi connectivity index (χ2n) is 7.60. The minimum absolute atomic E-state index is 0.00406. The number of hydrogen-bond acceptors (Lipinski definition) is 3. The van der Waals surface area contributed by atoms with Gasteiger partial charge in [0.05, 0.1) is 11.9 Å². The Hall–Kier alpha value is -2.64. The van der Waals surface area contributed by atoms with Crippen LogP contribution in [-0.4, -0.2) is 48.0 Å². The molecule has 2 fully saturated rings. The van der Waals surface area contributed by atoms with Crippen molar-refractivity contribution in [2.45, 2.75) is 37.3 Å². The number of benzene rings is 1. The highest BCUT2D eigenvalue weighted by atomic mass is 19.1. The number of hydrogen-bond donors (Lipinski definition) is 2. The summed E-state index contributed by atoms with van der Waals surface area (Å²) in [6.45, 7) is 1.87. The van der Waals surface area contributed by atoms with Crippen LogP contribution in [0.25, 0.3) is 0 Å². The largest absolute Gasteiger partial charge is 0.367 e. The van der Waals surface area contributed by atoms with E-state index in [2.05, 4.69) is 25.6 Å². The number of guanidine groups is 1. The molecule has 1 aliphatic carbocycles. The lowest BCUT2D eigenvalue weighted by Gasteiger charge is -2.34. The van der Waals surface area contributed by atoms with Crippen molar-refractivity contribution in [3.05, 3.63) is 47.8 Å². The van der Waals surface area contributed by atoms with Crippen LogP contribution in [0.15, 0.2) is 35.6 Å². The highest BCUT2D eigenvalue weighted by Gasteiger charge is 2.42. The number of aryl methyl sites for hydroxylation is 1. The molecule has 1 aromatic carbocycles. The van der Waals surface area contributed by atoms with Crippen molar-refractivity contribution in [3.8, 4) is 0 Å². The number of nitrogens with one attached hydrogen (secondary N) is 2. The first-order valence-electron chi connectivity index (χ1n) is 9.72. The standard InChI is InChI=1S/C20H26F2N6/c1-23-20(26-18-9-15(18)19-16(21)6-3-7-17(19)22)25-13-5-4-8-28(11-13)14-10-24-27(2)12-14/h3,6-7,10,12-13,15,18H,4-5,8-9,11H2,1-2H3,(H2,23,25,26). The van der Waals surface area contributed by atoms with E-state index in [9.17, 15) is 8.78 Å². The molecule has 0 spiro atoms. The molecule has 3 unspecified atom stereocenters. The number of aromatic nitrogens is 2. The van der Waals surface area contributed by atoms with E-state index in [4.69, 9.17) is 0 Å². The summed E-state index contributed by atoms with van der Waals surface area (Å²) in [5.41, 5.74) is 1.30. The molecule has 2 heterocycles. The van der Waals surface area contributed by atoms with Crippen LogP contribution in [0, 0.1) is 11.6 Å². The maximum atomic E-state index is 14.0. The van der Waals surface area contributed by atoms with Crippen molar-refractivity contribution in [1.82, 2.24) is 20.4 Å².